The molecule has 0 bridgehead atoms. The summed E-state index contributed by atoms with van der Waals surface area (Å²) in [5, 5.41) is 8.68. The Balaban J connectivity index is 0. The Morgan fingerprint density at radius 2 is 2.00 bits per heavy atom. The van der Waals surface area contributed by atoms with Crippen LogP contribution in [0.15, 0.2) is 24.8 Å². The molecule has 1 unspecified atom stereocenters. The molecule has 0 aliphatic heterocycles. The zero-order valence-electron chi connectivity index (χ0n) is 8.64. The molecule has 0 rings (SSSR count). The Kier molecular flexibility index (Phi) is 12.2. The molecule has 0 aliphatic rings. The van der Waals surface area contributed by atoms with Crippen LogP contribution in [0.3, 0.4) is 0 Å². The smallest absolute Gasteiger partial charge is 0.0512 e. The molecule has 0 aliphatic carbocycles. The van der Waals surface area contributed by atoms with Gasteiger partial charge in [-0.05, 0) is 20.3 Å². The van der Waals surface area contributed by atoms with E-state index in [0.717, 1.165) is 18.4 Å². The summed E-state index contributed by atoms with van der Waals surface area (Å²) in [4.78, 5) is 0. The normalized spacial score (nSPS) is 11.0. The van der Waals surface area contributed by atoms with Crippen molar-refractivity contribution in [3.8, 4) is 0 Å². The Morgan fingerprint density at radius 3 is 2.08 bits per heavy atom. The molecule has 0 aromatic heterocycles. The maximum atomic E-state index is 8.68. The van der Waals surface area contributed by atoms with Crippen LogP contribution < -0.4 is 0 Å². The third-order valence-corrected chi connectivity index (χ3v) is 1.32. The Bertz CT molecular complexity index is 114. The second-order valence-corrected chi connectivity index (χ2v) is 3.04. The number of allylic oxidation sites excluding steroid dienone is 2. The van der Waals surface area contributed by atoms with E-state index < -0.39 is 0 Å². The average molecular weight is 170 g/mol. The van der Waals surface area contributed by atoms with Gasteiger partial charge in [-0.1, -0.05) is 44.6 Å². The SMILES string of the molecule is C=CC(=C)C.CCCCC(C)O. The highest BCUT2D eigenvalue weighted by Crippen LogP contribution is 1.97. The minimum Gasteiger partial charge on any atom is -0.393 e. The van der Waals surface area contributed by atoms with Crippen LogP contribution >= 0.6 is 0 Å². The first-order chi connectivity index (χ1) is 5.54. The highest BCUT2D eigenvalue weighted by Gasteiger charge is 1.90. The third kappa shape index (κ3) is 22.7. The van der Waals surface area contributed by atoms with Crippen LogP contribution in [0.4, 0.5) is 0 Å². The standard InChI is InChI=1S/C6H14O.C5H8/c1-3-4-5-6(2)7;1-4-5(2)3/h6-7H,3-5H2,1-2H3;4H,1-2H2,3H3. The summed E-state index contributed by atoms with van der Waals surface area (Å²) < 4.78 is 0. The number of rotatable bonds is 4. The molecule has 0 aromatic rings. The zero-order valence-corrected chi connectivity index (χ0v) is 8.64. The van der Waals surface area contributed by atoms with E-state index in [-0.39, 0.29) is 6.10 Å². The van der Waals surface area contributed by atoms with Gasteiger partial charge in [0.05, 0.1) is 6.10 Å². The highest BCUT2D eigenvalue weighted by molar-refractivity contribution is 5.05. The van der Waals surface area contributed by atoms with Crippen molar-refractivity contribution in [3.63, 3.8) is 0 Å². The predicted octanol–water partition coefficient (Wildman–Crippen LogP) is 3.31. The first-order valence-electron chi connectivity index (χ1n) is 4.50. The summed E-state index contributed by atoms with van der Waals surface area (Å²) in [6, 6.07) is 0. The van der Waals surface area contributed by atoms with Crippen molar-refractivity contribution in [1.82, 2.24) is 0 Å². The molecule has 1 N–H and O–H groups in total. The molecule has 0 amide bonds. The number of hydrogen-bond donors (Lipinski definition) is 1. The second kappa shape index (κ2) is 10.4. The summed E-state index contributed by atoms with van der Waals surface area (Å²) in [5.41, 5.74) is 1.02. The molecule has 1 nitrogen and oxygen atoms in total. The van der Waals surface area contributed by atoms with Crippen LogP contribution in [-0.4, -0.2) is 11.2 Å². The number of hydrogen-bond acceptors (Lipinski definition) is 1. The topological polar surface area (TPSA) is 20.2 Å². The first-order valence-corrected chi connectivity index (χ1v) is 4.50. The van der Waals surface area contributed by atoms with Gasteiger partial charge in [0, 0.05) is 0 Å². The van der Waals surface area contributed by atoms with E-state index in [2.05, 4.69) is 20.1 Å². The van der Waals surface area contributed by atoms with Crippen molar-refractivity contribution < 1.29 is 5.11 Å². The van der Waals surface area contributed by atoms with E-state index in [1.165, 1.54) is 6.42 Å². The van der Waals surface area contributed by atoms with Crippen molar-refractivity contribution >= 4 is 0 Å². The van der Waals surface area contributed by atoms with Gasteiger partial charge in [0.2, 0.25) is 0 Å². The van der Waals surface area contributed by atoms with Crippen molar-refractivity contribution in [2.45, 2.75) is 46.1 Å². The van der Waals surface area contributed by atoms with Gasteiger partial charge < -0.3 is 5.11 Å². The number of unbranched alkanes of at least 4 members (excludes halogenated alkanes) is 1. The molecule has 12 heavy (non-hydrogen) atoms. The fourth-order valence-electron chi connectivity index (χ4n) is 0.500. The molecular weight excluding hydrogens is 148 g/mol. The van der Waals surface area contributed by atoms with Gasteiger partial charge in [-0.25, -0.2) is 0 Å². The number of aliphatic hydroxyl groups excluding tert-OH is 1. The second-order valence-electron chi connectivity index (χ2n) is 3.04. The summed E-state index contributed by atoms with van der Waals surface area (Å²) in [7, 11) is 0. The predicted molar refractivity (Wildman–Crippen MR) is 56.2 cm³/mol. The maximum Gasteiger partial charge on any atom is 0.0512 e. The van der Waals surface area contributed by atoms with E-state index in [0.29, 0.717) is 0 Å². The molecule has 0 fully saturated rings. The minimum absolute atomic E-state index is 0.0973. The third-order valence-electron chi connectivity index (χ3n) is 1.32. The van der Waals surface area contributed by atoms with Crippen molar-refractivity contribution in [2.75, 3.05) is 0 Å². The molecular formula is C11H22O. The summed E-state index contributed by atoms with van der Waals surface area (Å²) in [5.74, 6) is 0. The lowest BCUT2D eigenvalue weighted by molar-refractivity contribution is 0.181. The molecule has 72 valence electrons. The molecule has 0 aromatic carbocycles. The molecule has 0 saturated heterocycles. The average Bonchev–Trinajstić information content (AvgIpc) is 2.02. The monoisotopic (exact) mass is 170 g/mol. The lowest BCUT2D eigenvalue weighted by Gasteiger charge is -1.98. The maximum absolute atomic E-state index is 8.68. The van der Waals surface area contributed by atoms with Gasteiger partial charge in [0.25, 0.3) is 0 Å². The van der Waals surface area contributed by atoms with Gasteiger partial charge in [-0.2, -0.15) is 0 Å². The molecule has 1 atom stereocenters. The van der Waals surface area contributed by atoms with Crippen LogP contribution in [-0.2, 0) is 0 Å². The van der Waals surface area contributed by atoms with Gasteiger partial charge >= 0.3 is 0 Å². The van der Waals surface area contributed by atoms with Gasteiger partial charge in [0.1, 0.15) is 0 Å². The Morgan fingerprint density at radius 1 is 1.58 bits per heavy atom. The van der Waals surface area contributed by atoms with Crippen molar-refractivity contribution in [3.05, 3.63) is 24.8 Å². The summed E-state index contributed by atoms with van der Waals surface area (Å²) in [6.07, 6.45) is 4.92. The quantitative estimate of drug-likeness (QED) is 0.642. The van der Waals surface area contributed by atoms with Gasteiger partial charge in [-0.3, -0.25) is 0 Å². The molecule has 0 spiro atoms. The van der Waals surface area contributed by atoms with E-state index in [1.54, 1.807) is 6.08 Å². The van der Waals surface area contributed by atoms with Crippen LogP contribution in [0, 0.1) is 0 Å². The van der Waals surface area contributed by atoms with Crippen LogP contribution in [0.5, 0.6) is 0 Å². The minimum atomic E-state index is -0.0973. The largest absolute Gasteiger partial charge is 0.393 e. The van der Waals surface area contributed by atoms with E-state index in [4.69, 9.17) is 5.11 Å². The lowest BCUT2D eigenvalue weighted by Crippen LogP contribution is -1.97. The fraction of sp³-hybridized carbons (Fsp3) is 0.636. The molecule has 0 heterocycles. The van der Waals surface area contributed by atoms with E-state index in [1.807, 2.05) is 13.8 Å². The molecule has 1 heteroatoms. The van der Waals surface area contributed by atoms with Crippen molar-refractivity contribution in [1.29, 1.82) is 0 Å². The number of aliphatic hydroxyl groups is 1. The van der Waals surface area contributed by atoms with Crippen LogP contribution in [0.1, 0.15) is 40.0 Å². The van der Waals surface area contributed by atoms with Gasteiger partial charge in [-0.15, -0.1) is 0 Å². The highest BCUT2D eigenvalue weighted by atomic mass is 16.3. The fourth-order valence-corrected chi connectivity index (χ4v) is 0.500. The van der Waals surface area contributed by atoms with Gasteiger partial charge in [0.15, 0.2) is 0 Å². The molecule has 0 radical (unpaired) electrons. The Labute approximate surface area is 76.8 Å². The van der Waals surface area contributed by atoms with Crippen molar-refractivity contribution in [2.24, 2.45) is 0 Å². The van der Waals surface area contributed by atoms with Crippen LogP contribution in [0.25, 0.3) is 0 Å². The molecule has 0 saturated carbocycles. The summed E-state index contributed by atoms with van der Waals surface area (Å²) >= 11 is 0. The Hall–Kier alpha value is -0.560. The van der Waals surface area contributed by atoms with E-state index in [9.17, 15) is 0 Å². The first kappa shape index (κ1) is 14.0. The zero-order chi connectivity index (χ0) is 9.98. The van der Waals surface area contributed by atoms with Crippen LogP contribution in [0.2, 0.25) is 0 Å². The summed E-state index contributed by atoms with van der Waals surface area (Å²) in [6.45, 7) is 12.9. The lowest BCUT2D eigenvalue weighted by atomic mass is 10.2. The van der Waals surface area contributed by atoms with E-state index >= 15 is 0 Å².